The van der Waals surface area contributed by atoms with Gasteiger partial charge in [0, 0.05) is 24.9 Å². The highest BCUT2D eigenvalue weighted by atomic mass is 19.1. The summed E-state index contributed by atoms with van der Waals surface area (Å²) in [5, 5.41) is 8.98. The van der Waals surface area contributed by atoms with Gasteiger partial charge in [-0.2, -0.15) is 4.39 Å². The lowest BCUT2D eigenvalue weighted by Gasteiger charge is -2.31. The van der Waals surface area contributed by atoms with Gasteiger partial charge in [-0.3, -0.25) is 4.79 Å². The Labute approximate surface area is 97.9 Å². The maximum Gasteiger partial charge on any atom is 0.329 e. The molecule has 0 aliphatic heterocycles. The van der Waals surface area contributed by atoms with Crippen LogP contribution in [0.5, 0.6) is 0 Å². The highest BCUT2D eigenvalue weighted by Gasteiger charge is 2.35. The second-order valence-electron chi connectivity index (χ2n) is 4.10. The second kappa shape index (κ2) is 4.48. The van der Waals surface area contributed by atoms with Gasteiger partial charge in [0.15, 0.2) is 0 Å². The Bertz CT molecular complexity index is 460. The zero-order valence-corrected chi connectivity index (χ0v) is 9.77. The molecule has 1 aromatic heterocycles. The first-order valence-corrected chi connectivity index (χ1v) is 4.90. The van der Waals surface area contributed by atoms with Crippen LogP contribution in [0.3, 0.4) is 0 Å². The summed E-state index contributed by atoms with van der Waals surface area (Å²) in [4.78, 5) is 27.3. The van der Waals surface area contributed by atoms with E-state index in [0.717, 1.165) is 17.2 Å². The molecule has 1 heterocycles. The molecule has 5 nitrogen and oxygen atoms in total. The Morgan fingerprint density at radius 1 is 1.47 bits per heavy atom. The summed E-state index contributed by atoms with van der Waals surface area (Å²) >= 11 is 0. The Kier molecular flexibility index (Phi) is 3.45. The number of hydrogen-bond acceptors (Lipinski definition) is 3. The van der Waals surface area contributed by atoms with Crippen molar-refractivity contribution in [3.8, 4) is 0 Å². The third-order valence-electron chi connectivity index (χ3n) is 2.64. The van der Waals surface area contributed by atoms with Gasteiger partial charge in [0.05, 0.1) is 0 Å². The van der Waals surface area contributed by atoms with E-state index in [1.54, 1.807) is 0 Å². The standard InChI is InChI=1S/C11H13FN2O3/c1-11(2,10(16)17)14(3)9(15)7-4-5-13-8(12)6-7/h4-6H,1-3H3,(H,16,17). The fraction of sp³-hybridized carbons (Fsp3) is 0.364. The Morgan fingerprint density at radius 2 is 2.06 bits per heavy atom. The van der Waals surface area contributed by atoms with Gasteiger partial charge in [-0.25, -0.2) is 9.78 Å². The highest BCUT2D eigenvalue weighted by Crippen LogP contribution is 2.16. The number of pyridine rings is 1. The van der Waals surface area contributed by atoms with E-state index in [-0.39, 0.29) is 5.56 Å². The average molecular weight is 240 g/mol. The fourth-order valence-corrected chi connectivity index (χ4v) is 1.13. The predicted octanol–water partition coefficient (Wildman–Crippen LogP) is 1.16. The smallest absolute Gasteiger partial charge is 0.329 e. The van der Waals surface area contributed by atoms with Crippen LogP contribution in [0, 0.1) is 5.95 Å². The molecule has 0 bridgehead atoms. The molecule has 0 saturated carbocycles. The minimum atomic E-state index is -1.36. The molecule has 1 aromatic rings. The van der Waals surface area contributed by atoms with Crippen molar-refractivity contribution >= 4 is 11.9 Å². The van der Waals surface area contributed by atoms with Crippen molar-refractivity contribution in [1.82, 2.24) is 9.88 Å². The van der Waals surface area contributed by atoms with E-state index in [1.165, 1.54) is 27.0 Å². The molecule has 1 amide bonds. The largest absolute Gasteiger partial charge is 0.480 e. The van der Waals surface area contributed by atoms with Crippen molar-refractivity contribution in [1.29, 1.82) is 0 Å². The molecule has 0 radical (unpaired) electrons. The number of rotatable bonds is 3. The predicted molar refractivity (Wildman–Crippen MR) is 58.0 cm³/mol. The third-order valence-corrected chi connectivity index (χ3v) is 2.64. The molecule has 92 valence electrons. The van der Waals surface area contributed by atoms with Gasteiger partial charge in [-0.15, -0.1) is 0 Å². The van der Waals surface area contributed by atoms with Crippen LogP contribution in [0.1, 0.15) is 24.2 Å². The van der Waals surface area contributed by atoms with Crippen LogP contribution in [-0.4, -0.2) is 39.5 Å². The molecular weight excluding hydrogens is 227 g/mol. The lowest BCUT2D eigenvalue weighted by atomic mass is 10.0. The molecule has 0 fully saturated rings. The van der Waals surface area contributed by atoms with Gasteiger partial charge in [-0.05, 0) is 19.9 Å². The van der Waals surface area contributed by atoms with Crippen molar-refractivity contribution in [2.24, 2.45) is 0 Å². The van der Waals surface area contributed by atoms with E-state index >= 15 is 0 Å². The van der Waals surface area contributed by atoms with Gasteiger partial charge in [0.1, 0.15) is 5.54 Å². The summed E-state index contributed by atoms with van der Waals surface area (Å²) in [7, 11) is 1.36. The summed E-state index contributed by atoms with van der Waals surface area (Å²) in [5.41, 5.74) is -1.30. The lowest BCUT2D eigenvalue weighted by Crippen LogP contribution is -2.50. The molecule has 6 heteroatoms. The van der Waals surface area contributed by atoms with Crippen LogP contribution in [0.2, 0.25) is 0 Å². The van der Waals surface area contributed by atoms with Gasteiger partial charge >= 0.3 is 5.97 Å². The number of carbonyl (C=O) groups is 2. The Balaban J connectivity index is 3.02. The van der Waals surface area contributed by atoms with Crippen molar-refractivity contribution < 1.29 is 19.1 Å². The number of carboxylic acids is 1. The van der Waals surface area contributed by atoms with Crippen LogP contribution in [0.4, 0.5) is 4.39 Å². The molecule has 0 atom stereocenters. The molecule has 1 N–H and O–H groups in total. The first-order chi connectivity index (χ1) is 7.76. The maximum atomic E-state index is 12.8. The Morgan fingerprint density at radius 3 is 2.53 bits per heavy atom. The van der Waals surface area contributed by atoms with E-state index in [1.807, 2.05) is 0 Å². The summed E-state index contributed by atoms with van der Waals surface area (Å²) in [6.45, 7) is 2.79. The molecule has 1 rings (SSSR count). The van der Waals surface area contributed by atoms with E-state index in [4.69, 9.17) is 5.11 Å². The molecule has 0 saturated heterocycles. The monoisotopic (exact) mass is 240 g/mol. The summed E-state index contributed by atoms with van der Waals surface area (Å²) in [6, 6.07) is 2.30. The van der Waals surface area contributed by atoms with Gasteiger partial charge in [0.25, 0.3) is 5.91 Å². The van der Waals surface area contributed by atoms with Crippen molar-refractivity contribution in [2.75, 3.05) is 7.05 Å². The summed E-state index contributed by atoms with van der Waals surface area (Å²) < 4.78 is 12.8. The summed E-state index contributed by atoms with van der Waals surface area (Å²) in [6.07, 6.45) is 1.16. The van der Waals surface area contributed by atoms with Gasteiger partial charge in [-0.1, -0.05) is 0 Å². The molecule has 0 spiro atoms. The second-order valence-corrected chi connectivity index (χ2v) is 4.10. The Hall–Kier alpha value is -1.98. The number of aliphatic carboxylic acids is 1. The first-order valence-electron chi connectivity index (χ1n) is 4.90. The minimum Gasteiger partial charge on any atom is -0.480 e. The molecule has 0 aliphatic carbocycles. The lowest BCUT2D eigenvalue weighted by molar-refractivity contribution is -0.147. The molecule has 0 aromatic carbocycles. The molecule has 0 unspecified atom stereocenters. The van der Waals surface area contributed by atoms with Crippen LogP contribution >= 0.6 is 0 Å². The fourth-order valence-electron chi connectivity index (χ4n) is 1.13. The topological polar surface area (TPSA) is 70.5 Å². The highest BCUT2D eigenvalue weighted by molar-refractivity contribution is 5.97. The first kappa shape index (κ1) is 13.1. The number of hydrogen-bond donors (Lipinski definition) is 1. The number of nitrogens with zero attached hydrogens (tertiary/aromatic N) is 2. The summed E-state index contributed by atoms with van der Waals surface area (Å²) in [5.74, 6) is -2.49. The zero-order chi connectivity index (χ0) is 13.2. The number of halogens is 1. The van der Waals surface area contributed by atoms with Gasteiger partial charge in [0.2, 0.25) is 5.95 Å². The van der Waals surface area contributed by atoms with Crippen LogP contribution in [0.15, 0.2) is 18.3 Å². The molecule has 17 heavy (non-hydrogen) atoms. The van der Waals surface area contributed by atoms with E-state index in [9.17, 15) is 14.0 Å². The molecule has 0 aliphatic rings. The van der Waals surface area contributed by atoms with E-state index in [0.29, 0.717) is 0 Å². The third kappa shape index (κ3) is 2.58. The number of aromatic nitrogens is 1. The average Bonchev–Trinajstić information content (AvgIpc) is 2.26. The number of likely N-dealkylation sites (N-methyl/N-ethyl adjacent to an activating group) is 1. The normalized spacial score (nSPS) is 11.1. The van der Waals surface area contributed by atoms with Crippen molar-refractivity contribution in [2.45, 2.75) is 19.4 Å². The maximum absolute atomic E-state index is 12.8. The zero-order valence-electron chi connectivity index (χ0n) is 9.77. The van der Waals surface area contributed by atoms with Crippen molar-refractivity contribution in [3.05, 3.63) is 29.8 Å². The number of amides is 1. The van der Waals surface area contributed by atoms with Crippen LogP contribution in [-0.2, 0) is 4.79 Å². The van der Waals surface area contributed by atoms with Crippen LogP contribution in [0.25, 0.3) is 0 Å². The molecular formula is C11H13FN2O3. The number of carbonyl (C=O) groups excluding carboxylic acids is 1. The number of carboxylic acid groups (broad SMARTS) is 1. The SMILES string of the molecule is CN(C(=O)c1ccnc(F)c1)C(C)(C)C(=O)O. The van der Waals surface area contributed by atoms with E-state index < -0.39 is 23.4 Å². The van der Waals surface area contributed by atoms with E-state index in [2.05, 4.69) is 4.98 Å². The van der Waals surface area contributed by atoms with Crippen LogP contribution < -0.4 is 0 Å². The minimum absolute atomic E-state index is 0.0642. The van der Waals surface area contributed by atoms with Crippen molar-refractivity contribution in [3.63, 3.8) is 0 Å². The quantitative estimate of drug-likeness (QED) is 0.805. The van der Waals surface area contributed by atoms with Gasteiger partial charge < -0.3 is 10.0 Å².